The number of hydrogen-bond donors (Lipinski definition) is 1. The quantitative estimate of drug-likeness (QED) is 0.723. The number of aromatic nitrogens is 2. The Morgan fingerprint density at radius 3 is 3.00 bits per heavy atom. The van der Waals surface area contributed by atoms with E-state index in [4.69, 9.17) is 0 Å². The molecule has 1 N–H and O–H groups in total. The highest BCUT2D eigenvalue weighted by atomic mass is 16.5. The van der Waals surface area contributed by atoms with Crippen LogP contribution in [0.1, 0.15) is 31.0 Å². The van der Waals surface area contributed by atoms with E-state index in [2.05, 4.69) is 14.7 Å². The van der Waals surface area contributed by atoms with Gasteiger partial charge in [-0.3, -0.25) is 9.59 Å². The third kappa shape index (κ3) is 2.65. The Kier molecular flexibility index (Phi) is 4.03. The van der Waals surface area contributed by atoms with Crippen LogP contribution in [-0.2, 0) is 16.0 Å². The molecular weight excluding hydrogens is 196 g/mol. The summed E-state index contributed by atoms with van der Waals surface area (Å²) in [6.07, 6.45) is 1.98. The molecule has 82 valence electrons. The summed E-state index contributed by atoms with van der Waals surface area (Å²) in [5.41, 5.74) is 1.23. The lowest BCUT2D eigenvalue weighted by molar-refractivity contribution is -0.129. The van der Waals surface area contributed by atoms with Gasteiger partial charge in [-0.25, -0.2) is 4.98 Å². The molecule has 1 aromatic heterocycles. The largest absolute Gasteiger partial charge is 0.467 e. The van der Waals surface area contributed by atoms with Crippen molar-refractivity contribution in [2.75, 3.05) is 6.61 Å². The number of H-pyrrole nitrogens is 1. The Bertz CT molecular complexity index is 386. The predicted molar refractivity (Wildman–Crippen MR) is 54.7 cm³/mol. The van der Waals surface area contributed by atoms with Gasteiger partial charge in [0, 0.05) is 11.5 Å². The molecule has 0 amide bonds. The molecule has 0 saturated carbocycles. The molecule has 1 unspecified atom stereocenters. The molecule has 0 aromatic carbocycles. The maximum Gasteiger partial charge on any atom is 0.293 e. The molecule has 1 heterocycles. The average molecular weight is 210 g/mol. The smallest absolute Gasteiger partial charge is 0.293 e. The summed E-state index contributed by atoms with van der Waals surface area (Å²) in [4.78, 5) is 28.1. The Balaban J connectivity index is 2.97. The number of nitrogens with zero attached hydrogens (tertiary/aromatic N) is 1. The van der Waals surface area contributed by atoms with Crippen LogP contribution in [0.25, 0.3) is 0 Å². The van der Waals surface area contributed by atoms with Crippen molar-refractivity contribution in [1.29, 1.82) is 0 Å². The predicted octanol–water partition coefficient (Wildman–Crippen LogP) is 0.609. The Labute approximate surface area is 87.5 Å². The average Bonchev–Trinajstić information content (AvgIpc) is 2.25. The van der Waals surface area contributed by atoms with Crippen molar-refractivity contribution >= 4 is 6.47 Å². The third-order valence-electron chi connectivity index (χ3n) is 2.22. The molecule has 0 bridgehead atoms. The molecule has 0 spiro atoms. The van der Waals surface area contributed by atoms with Gasteiger partial charge < -0.3 is 9.72 Å². The van der Waals surface area contributed by atoms with Crippen LogP contribution in [0, 0.1) is 0 Å². The van der Waals surface area contributed by atoms with E-state index in [-0.39, 0.29) is 18.1 Å². The van der Waals surface area contributed by atoms with Crippen LogP contribution in [0.3, 0.4) is 0 Å². The van der Waals surface area contributed by atoms with Gasteiger partial charge in [0.05, 0.1) is 18.6 Å². The van der Waals surface area contributed by atoms with E-state index >= 15 is 0 Å². The van der Waals surface area contributed by atoms with Crippen LogP contribution in [0.15, 0.2) is 11.1 Å². The van der Waals surface area contributed by atoms with Crippen LogP contribution in [0.2, 0.25) is 0 Å². The van der Waals surface area contributed by atoms with Gasteiger partial charge in [-0.2, -0.15) is 0 Å². The summed E-state index contributed by atoms with van der Waals surface area (Å²) in [6, 6.07) is 0. The summed E-state index contributed by atoms with van der Waals surface area (Å²) in [6.45, 7) is 4.40. The molecule has 0 saturated heterocycles. The summed E-state index contributed by atoms with van der Waals surface area (Å²) in [5.74, 6) is -0.0625. The standard InChI is InChI=1S/C10H14N2O3/c1-3-8-9(7(2)4-15-6-13)11-5-12-10(8)14/h5-7H,3-4H2,1-2H3,(H,11,12,14). The van der Waals surface area contributed by atoms with Crippen molar-refractivity contribution in [2.24, 2.45) is 0 Å². The van der Waals surface area contributed by atoms with E-state index in [1.165, 1.54) is 6.33 Å². The molecule has 0 radical (unpaired) electrons. The van der Waals surface area contributed by atoms with Crippen LogP contribution >= 0.6 is 0 Å². The molecular formula is C10H14N2O3. The first-order valence-corrected chi connectivity index (χ1v) is 4.82. The maximum atomic E-state index is 11.4. The van der Waals surface area contributed by atoms with Crippen molar-refractivity contribution in [3.8, 4) is 0 Å². The summed E-state index contributed by atoms with van der Waals surface area (Å²) >= 11 is 0. The molecule has 0 aliphatic carbocycles. The van der Waals surface area contributed by atoms with Crippen molar-refractivity contribution in [3.63, 3.8) is 0 Å². The van der Waals surface area contributed by atoms with Crippen LogP contribution < -0.4 is 5.56 Å². The molecule has 0 fully saturated rings. The zero-order valence-electron chi connectivity index (χ0n) is 8.82. The minimum Gasteiger partial charge on any atom is -0.467 e. The monoisotopic (exact) mass is 210 g/mol. The molecule has 1 rings (SSSR count). The fraction of sp³-hybridized carbons (Fsp3) is 0.500. The maximum absolute atomic E-state index is 11.4. The van der Waals surface area contributed by atoms with Crippen molar-refractivity contribution in [3.05, 3.63) is 27.9 Å². The van der Waals surface area contributed by atoms with Gasteiger partial charge in [0.2, 0.25) is 0 Å². The second kappa shape index (κ2) is 5.29. The fourth-order valence-corrected chi connectivity index (χ4v) is 1.47. The Morgan fingerprint density at radius 2 is 2.40 bits per heavy atom. The molecule has 1 atom stereocenters. The molecule has 5 nitrogen and oxygen atoms in total. The molecule has 0 aliphatic rings. The van der Waals surface area contributed by atoms with Crippen molar-refractivity contribution in [2.45, 2.75) is 26.2 Å². The minimum atomic E-state index is -0.125. The second-order valence-corrected chi connectivity index (χ2v) is 3.28. The number of rotatable bonds is 5. The lowest BCUT2D eigenvalue weighted by atomic mass is 10.0. The Morgan fingerprint density at radius 1 is 1.67 bits per heavy atom. The zero-order chi connectivity index (χ0) is 11.3. The molecule has 1 aromatic rings. The van der Waals surface area contributed by atoms with Gasteiger partial charge in [0.15, 0.2) is 0 Å². The van der Waals surface area contributed by atoms with Gasteiger partial charge in [-0.05, 0) is 6.42 Å². The number of hydrogen-bond acceptors (Lipinski definition) is 4. The summed E-state index contributed by atoms with van der Waals surface area (Å²) in [5, 5.41) is 0. The first kappa shape index (κ1) is 11.4. The highest BCUT2D eigenvalue weighted by Crippen LogP contribution is 2.14. The molecule has 0 aliphatic heterocycles. The van der Waals surface area contributed by atoms with Crippen molar-refractivity contribution in [1.82, 2.24) is 9.97 Å². The minimum absolute atomic E-state index is 0.0625. The van der Waals surface area contributed by atoms with Crippen LogP contribution in [0.4, 0.5) is 0 Å². The number of carbonyl (C=O) groups excluding carboxylic acids is 1. The van der Waals surface area contributed by atoms with Crippen LogP contribution in [-0.4, -0.2) is 23.0 Å². The van der Waals surface area contributed by atoms with Gasteiger partial charge in [0.25, 0.3) is 12.0 Å². The van der Waals surface area contributed by atoms with E-state index in [1.54, 1.807) is 0 Å². The van der Waals surface area contributed by atoms with Gasteiger partial charge in [0.1, 0.15) is 0 Å². The Hall–Kier alpha value is -1.65. The van der Waals surface area contributed by atoms with E-state index < -0.39 is 0 Å². The van der Waals surface area contributed by atoms with E-state index in [0.29, 0.717) is 24.2 Å². The van der Waals surface area contributed by atoms with Crippen LogP contribution in [0.5, 0.6) is 0 Å². The summed E-state index contributed by atoms with van der Waals surface area (Å²) in [7, 11) is 0. The van der Waals surface area contributed by atoms with Gasteiger partial charge in [-0.15, -0.1) is 0 Å². The highest BCUT2D eigenvalue weighted by molar-refractivity contribution is 5.37. The summed E-state index contributed by atoms with van der Waals surface area (Å²) < 4.78 is 4.66. The highest BCUT2D eigenvalue weighted by Gasteiger charge is 2.14. The normalized spacial score (nSPS) is 12.1. The fourth-order valence-electron chi connectivity index (χ4n) is 1.47. The van der Waals surface area contributed by atoms with E-state index in [0.717, 1.165) is 0 Å². The first-order chi connectivity index (χ1) is 7.20. The lowest BCUT2D eigenvalue weighted by Crippen LogP contribution is -2.19. The third-order valence-corrected chi connectivity index (χ3v) is 2.22. The van der Waals surface area contributed by atoms with Crippen molar-refractivity contribution < 1.29 is 9.53 Å². The van der Waals surface area contributed by atoms with E-state index in [1.807, 2.05) is 13.8 Å². The number of carbonyl (C=O) groups is 1. The molecule has 5 heteroatoms. The van der Waals surface area contributed by atoms with Gasteiger partial charge >= 0.3 is 0 Å². The first-order valence-electron chi connectivity index (χ1n) is 4.82. The number of aromatic amines is 1. The van der Waals surface area contributed by atoms with E-state index in [9.17, 15) is 9.59 Å². The second-order valence-electron chi connectivity index (χ2n) is 3.28. The zero-order valence-corrected chi connectivity index (χ0v) is 8.82. The lowest BCUT2D eigenvalue weighted by Gasteiger charge is -2.12. The topological polar surface area (TPSA) is 72.0 Å². The van der Waals surface area contributed by atoms with Gasteiger partial charge in [-0.1, -0.05) is 13.8 Å². The SMILES string of the molecule is CCc1c(C(C)COC=O)nc[nH]c1=O. The number of nitrogens with one attached hydrogen (secondary N) is 1. The number of ether oxygens (including phenoxy) is 1. The molecule has 15 heavy (non-hydrogen) atoms.